The summed E-state index contributed by atoms with van der Waals surface area (Å²) in [4.78, 5) is 4.32. The van der Waals surface area contributed by atoms with E-state index in [0.29, 0.717) is 36.0 Å². The molecule has 0 amide bonds. The van der Waals surface area contributed by atoms with Gasteiger partial charge in [0, 0.05) is 24.6 Å². The fraction of sp³-hybridized carbons (Fsp3) is 0.333. The van der Waals surface area contributed by atoms with Crippen LogP contribution in [0.3, 0.4) is 0 Å². The maximum absolute atomic E-state index is 9.36. The van der Waals surface area contributed by atoms with Crippen molar-refractivity contribution in [3.8, 4) is 17.6 Å². The normalized spacial score (nSPS) is 10.1. The summed E-state index contributed by atoms with van der Waals surface area (Å²) >= 11 is 0. The highest BCUT2D eigenvalue weighted by Gasteiger charge is 2.11. The number of aryl methyl sites for hydroxylation is 2. The molecule has 1 N–H and O–H groups in total. The molecule has 1 aromatic heterocycles. The number of ether oxygens (including phenoxy) is 3. The predicted molar refractivity (Wildman–Crippen MR) is 92.1 cm³/mol. The molecule has 0 bridgehead atoms. The Bertz CT molecular complexity index is 754. The van der Waals surface area contributed by atoms with Crippen LogP contribution in [0.2, 0.25) is 0 Å². The quantitative estimate of drug-likeness (QED) is 0.786. The van der Waals surface area contributed by atoms with Crippen LogP contribution < -0.4 is 14.8 Å². The third-order valence-electron chi connectivity index (χ3n) is 3.43. The molecule has 0 unspecified atom stereocenters. The number of hydrogen-bond acceptors (Lipinski definition) is 6. The first-order chi connectivity index (χ1) is 11.6. The second-order valence-electron chi connectivity index (χ2n) is 5.22. The molecular weight excluding hydrogens is 306 g/mol. The highest BCUT2D eigenvalue weighted by atomic mass is 16.5. The summed E-state index contributed by atoms with van der Waals surface area (Å²) in [7, 11) is 3.21. The first-order valence-electron chi connectivity index (χ1n) is 7.54. The van der Waals surface area contributed by atoms with E-state index in [4.69, 9.17) is 14.2 Å². The molecular formula is C18H21N3O3. The van der Waals surface area contributed by atoms with Gasteiger partial charge in [-0.05, 0) is 32.0 Å². The highest BCUT2D eigenvalue weighted by molar-refractivity contribution is 5.69. The van der Waals surface area contributed by atoms with E-state index in [-0.39, 0.29) is 0 Å². The fourth-order valence-electron chi connectivity index (χ4n) is 2.33. The topological polar surface area (TPSA) is 76.4 Å². The minimum absolute atomic E-state index is 0.424. The number of methoxy groups -OCH3 is 2. The van der Waals surface area contributed by atoms with Gasteiger partial charge in [0.05, 0.1) is 30.7 Å². The Morgan fingerprint density at radius 3 is 2.58 bits per heavy atom. The van der Waals surface area contributed by atoms with Gasteiger partial charge in [0.2, 0.25) is 0 Å². The largest absolute Gasteiger partial charge is 0.493 e. The fourth-order valence-corrected chi connectivity index (χ4v) is 2.33. The molecule has 0 aliphatic carbocycles. The first-order valence-corrected chi connectivity index (χ1v) is 7.54. The van der Waals surface area contributed by atoms with Crippen molar-refractivity contribution in [2.45, 2.75) is 13.8 Å². The van der Waals surface area contributed by atoms with Crippen LogP contribution in [0.15, 0.2) is 24.3 Å². The van der Waals surface area contributed by atoms with Gasteiger partial charge in [-0.1, -0.05) is 0 Å². The van der Waals surface area contributed by atoms with Gasteiger partial charge < -0.3 is 19.5 Å². The highest BCUT2D eigenvalue weighted by Crippen LogP contribution is 2.32. The monoisotopic (exact) mass is 327 g/mol. The van der Waals surface area contributed by atoms with Gasteiger partial charge in [-0.25, -0.2) is 0 Å². The third-order valence-corrected chi connectivity index (χ3v) is 3.43. The Morgan fingerprint density at radius 2 is 1.92 bits per heavy atom. The van der Waals surface area contributed by atoms with Gasteiger partial charge in [0.15, 0.2) is 11.5 Å². The van der Waals surface area contributed by atoms with E-state index < -0.39 is 0 Å². The Balaban J connectivity index is 2.30. The number of nitrogens with one attached hydrogen (secondary N) is 1. The van der Waals surface area contributed by atoms with Crippen molar-refractivity contribution in [1.82, 2.24) is 4.98 Å². The van der Waals surface area contributed by atoms with Gasteiger partial charge in [-0.3, -0.25) is 4.98 Å². The summed E-state index contributed by atoms with van der Waals surface area (Å²) in [6.07, 6.45) is 0. The SMILES string of the molecule is COCCOc1cc(Nc2cc(C)nc(C)c2C#N)ccc1OC. The summed E-state index contributed by atoms with van der Waals surface area (Å²) in [5, 5.41) is 12.6. The molecule has 0 fully saturated rings. The molecule has 0 saturated heterocycles. The molecule has 0 spiro atoms. The maximum atomic E-state index is 9.36. The molecule has 1 aromatic carbocycles. The standard InChI is InChI=1S/C18H21N3O3/c1-12-9-16(15(11-19)13(2)20-12)21-14-5-6-17(23-4)18(10-14)24-8-7-22-3/h5-6,9-10H,7-8H2,1-4H3,(H,20,21). The van der Waals surface area contributed by atoms with Crippen LogP contribution >= 0.6 is 0 Å². The minimum Gasteiger partial charge on any atom is -0.493 e. The molecule has 2 aromatic rings. The third kappa shape index (κ3) is 4.15. The van der Waals surface area contributed by atoms with E-state index in [1.54, 1.807) is 14.2 Å². The summed E-state index contributed by atoms with van der Waals surface area (Å²) in [5.74, 6) is 1.25. The van der Waals surface area contributed by atoms with Crippen molar-refractivity contribution < 1.29 is 14.2 Å². The molecule has 2 rings (SSSR count). The molecule has 6 nitrogen and oxygen atoms in total. The van der Waals surface area contributed by atoms with E-state index in [2.05, 4.69) is 16.4 Å². The van der Waals surface area contributed by atoms with Crippen LogP contribution in [-0.4, -0.2) is 32.4 Å². The van der Waals surface area contributed by atoms with Crippen molar-refractivity contribution in [3.05, 3.63) is 41.2 Å². The van der Waals surface area contributed by atoms with Crippen LogP contribution in [0.4, 0.5) is 11.4 Å². The lowest BCUT2D eigenvalue weighted by molar-refractivity contribution is 0.144. The van der Waals surface area contributed by atoms with Gasteiger partial charge >= 0.3 is 0 Å². The van der Waals surface area contributed by atoms with Gasteiger partial charge in [-0.2, -0.15) is 5.26 Å². The summed E-state index contributed by atoms with van der Waals surface area (Å²) in [6, 6.07) is 9.56. The molecule has 0 radical (unpaired) electrons. The summed E-state index contributed by atoms with van der Waals surface area (Å²) in [6.45, 7) is 4.63. The smallest absolute Gasteiger partial charge is 0.163 e. The zero-order valence-electron chi connectivity index (χ0n) is 14.3. The van der Waals surface area contributed by atoms with Gasteiger partial charge in [0.1, 0.15) is 12.7 Å². The number of aromatic nitrogens is 1. The predicted octanol–water partition coefficient (Wildman–Crippen LogP) is 3.35. The van der Waals surface area contributed by atoms with E-state index >= 15 is 0 Å². The molecule has 126 valence electrons. The van der Waals surface area contributed by atoms with Crippen LogP contribution in [0, 0.1) is 25.2 Å². The average Bonchev–Trinajstić information content (AvgIpc) is 2.55. The van der Waals surface area contributed by atoms with Crippen molar-refractivity contribution >= 4 is 11.4 Å². The van der Waals surface area contributed by atoms with Crippen LogP contribution in [0.5, 0.6) is 11.5 Å². The molecule has 0 saturated carbocycles. The maximum Gasteiger partial charge on any atom is 0.163 e. The first kappa shape index (κ1) is 17.6. The summed E-state index contributed by atoms with van der Waals surface area (Å²) < 4.78 is 16.0. The number of nitrogens with zero attached hydrogens (tertiary/aromatic N) is 2. The second kappa shape index (κ2) is 8.18. The van der Waals surface area contributed by atoms with Gasteiger partial charge in [0.25, 0.3) is 0 Å². The number of hydrogen-bond donors (Lipinski definition) is 1. The molecule has 24 heavy (non-hydrogen) atoms. The minimum atomic E-state index is 0.424. The lowest BCUT2D eigenvalue weighted by Crippen LogP contribution is -2.06. The molecule has 0 atom stereocenters. The van der Waals surface area contributed by atoms with E-state index in [1.165, 1.54) is 0 Å². The van der Waals surface area contributed by atoms with Crippen molar-refractivity contribution in [1.29, 1.82) is 5.26 Å². The van der Waals surface area contributed by atoms with E-state index in [0.717, 1.165) is 17.1 Å². The average molecular weight is 327 g/mol. The van der Waals surface area contributed by atoms with Crippen molar-refractivity contribution in [2.24, 2.45) is 0 Å². The molecule has 1 heterocycles. The number of anilines is 2. The molecule has 6 heteroatoms. The van der Waals surface area contributed by atoms with E-state index in [9.17, 15) is 5.26 Å². The zero-order valence-corrected chi connectivity index (χ0v) is 14.3. The molecule has 0 aliphatic rings. The number of nitriles is 1. The Morgan fingerprint density at radius 1 is 1.12 bits per heavy atom. The number of pyridine rings is 1. The van der Waals surface area contributed by atoms with Crippen molar-refractivity contribution in [2.75, 3.05) is 32.8 Å². The lowest BCUT2D eigenvalue weighted by atomic mass is 10.1. The number of benzene rings is 1. The zero-order chi connectivity index (χ0) is 17.5. The Kier molecular flexibility index (Phi) is 5.99. The lowest BCUT2D eigenvalue weighted by Gasteiger charge is -2.14. The van der Waals surface area contributed by atoms with Crippen LogP contribution in [0.1, 0.15) is 17.0 Å². The van der Waals surface area contributed by atoms with Crippen molar-refractivity contribution in [3.63, 3.8) is 0 Å². The van der Waals surface area contributed by atoms with Crippen LogP contribution in [-0.2, 0) is 4.74 Å². The van der Waals surface area contributed by atoms with Crippen LogP contribution in [0.25, 0.3) is 0 Å². The summed E-state index contributed by atoms with van der Waals surface area (Å²) in [5.41, 5.74) is 3.59. The molecule has 0 aliphatic heterocycles. The second-order valence-corrected chi connectivity index (χ2v) is 5.22. The Hall–Kier alpha value is -2.78. The Labute approximate surface area is 142 Å². The number of rotatable bonds is 7. The van der Waals surface area contributed by atoms with E-state index in [1.807, 2.05) is 38.1 Å². The van der Waals surface area contributed by atoms with Gasteiger partial charge in [-0.15, -0.1) is 0 Å².